The van der Waals surface area contributed by atoms with E-state index in [9.17, 15) is 9.59 Å². The second-order valence-corrected chi connectivity index (χ2v) is 2.85. The highest BCUT2D eigenvalue weighted by Crippen LogP contribution is 1.89. The smallest absolute Gasteiger partial charge is 0.375 e. The molecule has 0 fully saturated rings. The number of hydrogen-bond acceptors (Lipinski definition) is 4. The Balaban J connectivity index is 4.12. The lowest BCUT2D eigenvalue weighted by molar-refractivity contribution is -0.135. The predicted molar refractivity (Wildman–Crippen MR) is 51.2 cm³/mol. The van der Waals surface area contributed by atoms with Crippen LogP contribution in [-0.2, 0) is 14.3 Å². The van der Waals surface area contributed by atoms with E-state index in [1.807, 2.05) is 0 Å². The number of amidine groups is 1. The summed E-state index contributed by atoms with van der Waals surface area (Å²) in [6.45, 7) is 5.27. The molecule has 0 saturated heterocycles. The summed E-state index contributed by atoms with van der Waals surface area (Å²) in [5, 5.41) is 3.38. The Kier molecular flexibility index (Phi) is 5.28. The summed E-state index contributed by atoms with van der Waals surface area (Å²) in [4.78, 5) is 21.9. The van der Waals surface area contributed by atoms with Gasteiger partial charge in [0.15, 0.2) is 0 Å². The molecule has 0 aromatic carbocycles. The van der Waals surface area contributed by atoms with Gasteiger partial charge in [-0.3, -0.25) is 4.79 Å². The third kappa shape index (κ3) is 4.44. The first-order chi connectivity index (χ1) is 6.49. The molecule has 0 saturated carbocycles. The van der Waals surface area contributed by atoms with E-state index in [-0.39, 0.29) is 24.3 Å². The number of hydrogen-bond donors (Lipinski definition) is 2. The second kappa shape index (κ2) is 5.95. The summed E-state index contributed by atoms with van der Waals surface area (Å²) in [6, 6.07) is 0. The molecular formula is C8H15N3O3. The van der Waals surface area contributed by atoms with Crippen LogP contribution in [0.3, 0.4) is 0 Å². The minimum atomic E-state index is -0.739. The van der Waals surface area contributed by atoms with Crippen LogP contribution in [0.15, 0.2) is 5.10 Å². The molecule has 1 amide bonds. The molecule has 0 radical (unpaired) electrons. The van der Waals surface area contributed by atoms with Crippen molar-refractivity contribution >= 4 is 17.7 Å². The van der Waals surface area contributed by atoms with Crippen LogP contribution in [-0.4, -0.2) is 24.3 Å². The summed E-state index contributed by atoms with van der Waals surface area (Å²) < 4.78 is 4.55. The third-order valence-electron chi connectivity index (χ3n) is 1.30. The lowest BCUT2D eigenvalue weighted by Crippen LogP contribution is -2.32. The molecule has 6 heteroatoms. The Morgan fingerprint density at radius 1 is 1.50 bits per heavy atom. The number of ether oxygens (including phenoxy) is 1. The fraction of sp³-hybridized carbons (Fsp3) is 0.625. The van der Waals surface area contributed by atoms with Crippen LogP contribution in [0.1, 0.15) is 20.8 Å². The fourth-order valence-corrected chi connectivity index (χ4v) is 0.495. The van der Waals surface area contributed by atoms with E-state index in [1.54, 1.807) is 20.8 Å². The Hall–Kier alpha value is -1.59. The molecule has 0 heterocycles. The van der Waals surface area contributed by atoms with E-state index in [1.165, 1.54) is 0 Å². The van der Waals surface area contributed by atoms with Gasteiger partial charge in [-0.05, 0) is 6.92 Å². The van der Waals surface area contributed by atoms with Gasteiger partial charge >= 0.3 is 5.97 Å². The number of rotatable bonds is 3. The first kappa shape index (κ1) is 12.4. The maximum Gasteiger partial charge on any atom is 0.375 e. The molecule has 0 bridgehead atoms. The SMILES string of the molecule is CCOC(=O)/C(N)=N/NC(=O)C(C)C. The van der Waals surface area contributed by atoms with Gasteiger partial charge in [-0.15, -0.1) is 5.10 Å². The zero-order chi connectivity index (χ0) is 11.1. The quantitative estimate of drug-likeness (QED) is 0.281. The number of amides is 1. The largest absolute Gasteiger partial charge is 0.460 e. The van der Waals surface area contributed by atoms with Gasteiger partial charge in [0.2, 0.25) is 11.7 Å². The Bertz CT molecular complexity index is 248. The van der Waals surface area contributed by atoms with E-state index in [0.29, 0.717) is 0 Å². The van der Waals surface area contributed by atoms with Gasteiger partial charge in [-0.25, -0.2) is 10.2 Å². The summed E-state index contributed by atoms with van der Waals surface area (Å²) in [5.74, 6) is -1.62. The van der Waals surface area contributed by atoms with Gasteiger partial charge in [0, 0.05) is 5.92 Å². The molecule has 0 atom stereocenters. The number of nitrogens with two attached hydrogens (primary N) is 1. The first-order valence-electron chi connectivity index (χ1n) is 4.29. The average Bonchev–Trinajstić information content (AvgIpc) is 2.13. The van der Waals surface area contributed by atoms with E-state index in [2.05, 4.69) is 15.3 Å². The topological polar surface area (TPSA) is 93.8 Å². The number of carbonyl (C=O) groups is 2. The molecule has 80 valence electrons. The molecular weight excluding hydrogens is 186 g/mol. The summed E-state index contributed by atoms with van der Waals surface area (Å²) in [5.41, 5.74) is 7.36. The molecule has 0 unspecified atom stereocenters. The molecule has 6 nitrogen and oxygen atoms in total. The first-order valence-corrected chi connectivity index (χ1v) is 4.29. The summed E-state index contributed by atoms with van der Waals surface area (Å²) >= 11 is 0. The predicted octanol–water partition coefficient (Wildman–Crippen LogP) is -0.406. The molecule has 0 aliphatic rings. The number of nitrogens with one attached hydrogen (secondary N) is 1. The van der Waals surface area contributed by atoms with E-state index >= 15 is 0 Å². The van der Waals surface area contributed by atoms with Gasteiger partial charge in [0.1, 0.15) is 0 Å². The third-order valence-corrected chi connectivity index (χ3v) is 1.30. The molecule has 0 rings (SSSR count). The zero-order valence-corrected chi connectivity index (χ0v) is 8.53. The van der Waals surface area contributed by atoms with Crippen molar-refractivity contribution in [3.05, 3.63) is 0 Å². The van der Waals surface area contributed by atoms with Crippen LogP contribution in [0.5, 0.6) is 0 Å². The highest BCUT2D eigenvalue weighted by molar-refractivity contribution is 6.34. The van der Waals surface area contributed by atoms with Gasteiger partial charge in [0.25, 0.3) is 0 Å². The standard InChI is InChI=1S/C8H15N3O3/c1-4-14-8(13)6(9)10-11-7(12)5(2)3/h5H,4H2,1-3H3,(H2,9,10)(H,11,12). The van der Waals surface area contributed by atoms with Gasteiger partial charge in [-0.1, -0.05) is 13.8 Å². The molecule has 14 heavy (non-hydrogen) atoms. The van der Waals surface area contributed by atoms with Gasteiger partial charge in [0.05, 0.1) is 6.61 Å². The van der Waals surface area contributed by atoms with Crippen molar-refractivity contribution in [1.29, 1.82) is 0 Å². The van der Waals surface area contributed by atoms with Crippen molar-refractivity contribution in [3.8, 4) is 0 Å². The van der Waals surface area contributed by atoms with Crippen LogP contribution in [0.25, 0.3) is 0 Å². The van der Waals surface area contributed by atoms with Crippen molar-refractivity contribution in [3.63, 3.8) is 0 Å². The highest BCUT2D eigenvalue weighted by Gasteiger charge is 2.09. The Morgan fingerprint density at radius 3 is 2.50 bits per heavy atom. The number of nitrogens with zero attached hydrogens (tertiary/aromatic N) is 1. The van der Waals surface area contributed by atoms with E-state index in [4.69, 9.17) is 5.73 Å². The summed E-state index contributed by atoms with van der Waals surface area (Å²) in [7, 11) is 0. The molecule has 0 spiro atoms. The number of hydrazone groups is 1. The fourth-order valence-electron chi connectivity index (χ4n) is 0.495. The second-order valence-electron chi connectivity index (χ2n) is 2.85. The van der Waals surface area contributed by atoms with Crippen molar-refractivity contribution in [1.82, 2.24) is 5.43 Å². The monoisotopic (exact) mass is 201 g/mol. The van der Waals surface area contributed by atoms with E-state index < -0.39 is 5.97 Å². The normalized spacial score (nSPS) is 11.3. The van der Waals surface area contributed by atoms with Crippen molar-refractivity contribution in [2.45, 2.75) is 20.8 Å². The zero-order valence-electron chi connectivity index (χ0n) is 8.53. The maximum absolute atomic E-state index is 11.0. The molecule has 0 aromatic heterocycles. The Labute approximate surface area is 82.5 Å². The summed E-state index contributed by atoms with van der Waals surface area (Å²) in [6.07, 6.45) is 0. The lowest BCUT2D eigenvalue weighted by Gasteiger charge is -2.03. The highest BCUT2D eigenvalue weighted by atomic mass is 16.5. The molecule has 0 aromatic rings. The van der Waals surface area contributed by atoms with Crippen LogP contribution in [0.2, 0.25) is 0 Å². The Morgan fingerprint density at radius 2 is 2.07 bits per heavy atom. The average molecular weight is 201 g/mol. The lowest BCUT2D eigenvalue weighted by atomic mass is 10.2. The molecule has 3 N–H and O–H groups in total. The minimum Gasteiger partial charge on any atom is -0.460 e. The molecule has 0 aliphatic heterocycles. The molecule has 0 aliphatic carbocycles. The number of esters is 1. The van der Waals surface area contributed by atoms with Crippen LogP contribution < -0.4 is 11.2 Å². The van der Waals surface area contributed by atoms with Crippen LogP contribution >= 0.6 is 0 Å². The number of carbonyl (C=O) groups excluding carboxylic acids is 2. The maximum atomic E-state index is 11.0. The van der Waals surface area contributed by atoms with Crippen molar-refractivity contribution < 1.29 is 14.3 Å². The minimum absolute atomic E-state index is 0.214. The van der Waals surface area contributed by atoms with Crippen LogP contribution in [0.4, 0.5) is 0 Å². The van der Waals surface area contributed by atoms with Crippen LogP contribution in [0, 0.1) is 5.92 Å². The van der Waals surface area contributed by atoms with Crippen molar-refractivity contribution in [2.24, 2.45) is 16.8 Å². The van der Waals surface area contributed by atoms with Gasteiger partial charge in [-0.2, -0.15) is 0 Å². The van der Waals surface area contributed by atoms with Gasteiger partial charge < -0.3 is 10.5 Å². The van der Waals surface area contributed by atoms with Crippen molar-refractivity contribution in [2.75, 3.05) is 6.61 Å². The van der Waals surface area contributed by atoms with E-state index in [0.717, 1.165) is 0 Å².